The van der Waals surface area contributed by atoms with E-state index in [0.29, 0.717) is 28.4 Å². The van der Waals surface area contributed by atoms with E-state index < -0.39 is 0 Å². The third-order valence-electron chi connectivity index (χ3n) is 5.55. The summed E-state index contributed by atoms with van der Waals surface area (Å²) in [6.07, 6.45) is 5.10. The van der Waals surface area contributed by atoms with Crippen LogP contribution in [0.15, 0.2) is 64.5 Å². The number of hydrogen-bond donors (Lipinski definition) is 0. The van der Waals surface area contributed by atoms with Crippen molar-refractivity contribution < 1.29 is 4.79 Å². The summed E-state index contributed by atoms with van der Waals surface area (Å²) in [5, 5.41) is 1.26. The molecule has 30 heavy (non-hydrogen) atoms. The second-order valence-corrected chi connectivity index (χ2v) is 8.63. The van der Waals surface area contributed by atoms with E-state index in [9.17, 15) is 9.59 Å². The van der Waals surface area contributed by atoms with Crippen LogP contribution < -0.4 is 5.56 Å². The van der Waals surface area contributed by atoms with Gasteiger partial charge in [0.2, 0.25) is 5.91 Å². The van der Waals surface area contributed by atoms with E-state index >= 15 is 0 Å². The van der Waals surface area contributed by atoms with Crippen molar-refractivity contribution in [1.82, 2.24) is 14.5 Å². The molecule has 1 aliphatic rings. The molecule has 0 atom stereocenters. The SMILES string of the molecule is O=C(CSc1nc2ccccc2c(=O)n1CCCc1ccccc1)N1CCCCC1. The Bertz CT molecular complexity index is 1060. The molecule has 0 aliphatic carbocycles. The number of hydrogen-bond acceptors (Lipinski definition) is 4. The number of aromatic nitrogens is 2. The van der Waals surface area contributed by atoms with E-state index in [0.717, 1.165) is 38.8 Å². The van der Waals surface area contributed by atoms with Gasteiger partial charge in [-0.25, -0.2) is 4.98 Å². The van der Waals surface area contributed by atoms with Crippen LogP contribution in [0.3, 0.4) is 0 Å². The van der Waals surface area contributed by atoms with Gasteiger partial charge in [0.1, 0.15) is 0 Å². The number of carbonyl (C=O) groups is 1. The molecule has 0 bridgehead atoms. The molecular formula is C24H27N3O2S. The largest absolute Gasteiger partial charge is 0.342 e. The van der Waals surface area contributed by atoms with Gasteiger partial charge >= 0.3 is 0 Å². The number of benzene rings is 2. The maximum atomic E-state index is 13.2. The fourth-order valence-corrected chi connectivity index (χ4v) is 4.83. The Balaban J connectivity index is 1.52. The Morgan fingerprint density at radius 1 is 0.967 bits per heavy atom. The molecule has 2 heterocycles. The minimum atomic E-state index is -0.0263. The number of rotatable bonds is 7. The Labute approximate surface area is 181 Å². The molecule has 1 aliphatic heterocycles. The third-order valence-corrected chi connectivity index (χ3v) is 6.51. The van der Waals surface area contributed by atoms with E-state index in [1.807, 2.05) is 47.4 Å². The first kappa shape index (κ1) is 20.7. The van der Waals surface area contributed by atoms with Crippen LogP contribution in [0, 0.1) is 0 Å². The van der Waals surface area contributed by atoms with Gasteiger partial charge in [0.15, 0.2) is 5.16 Å². The first-order valence-electron chi connectivity index (χ1n) is 10.7. The number of piperidine rings is 1. The molecule has 1 aromatic heterocycles. The average molecular weight is 422 g/mol. The lowest BCUT2D eigenvalue weighted by Crippen LogP contribution is -2.37. The zero-order valence-corrected chi connectivity index (χ0v) is 17.9. The van der Waals surface area contributed by atoms with Gasteiger partial charge in [0, 0.05) is 19.6 Å². The van der Waals surface area contributed by atoms with E-state index in [1.54, 1.807) is 4.57 Å². The summed E-state index contributed by atoms with van der Waals surface area (Å²) in [5.74, 6) is 0.460. The first-order valence-corrected chi connectivity index (χ1v) is 11.6. The van der Waals surface area contributed by atoms with Crippen molar-refractivity contribution in [2.24, 2.45) is 0 Å². The van der Waals surface area contributed by atoms with Crippen LogP contribution >= 0.6 is 11.8 Å². The number of nitrogens with zero attached hydrogens (tertiary/aromatic N) is 3. The minimum Gasteiger partial charge on any atom is -0.342 e. The van der Waals surface area contributed by atoms with Crippen molar-refractivity contribution in [1.29, 1.82) is 0 Å². The average Bonchev–Trinajstić information content (AvgIpc) is 2.80. The summed E-state index contributed by atoms with van der Waals surface area (Å²) >= 11 is 1.38. The quantitative estimate of drug-likeness (QED) is 0.425. The van der Waals surface area contributed by atoms with E-state index in [1.165, 1.54) is 23.7 Å². The van der Waals surface area contributed by atoms with Crippen LogP contribution in [-0.4, -0.2) is 39.2 Å². The molecule has 4 rings (SSSR count). The van der Waals surface area contributed by atoms with Crippen LogP contribution in [0.1, 0.15) is 31.2 Å². The van der Waals surface area contributed by atoms with Crippen molar-refractivity contribution in [3.05, 3.63) is 70.5 Å². The topological polar surface area (TPSA) is 55.2 Å². The molecule has 1 fully saturated rings. The van der Waals surface area contributed by atoms with Crippen molar-refractivity contribution in [2.45, 2.75) is 43.8 Å². The van der Waals surface area contributed by atoms with Crippen LogP contribution in [0.25, 0.3) is 10.9 Å². The highest BCUT2D eigenvalue weighted by Gasteiger charge is 2.18. The second kappa shape index (κ2) is 9.94. The van der Waals surface area contributed by atoms with Crippen LogP contribution in [0.2, 0.25) is 0 Å². The molecule has 0 unspecified atom stereocenters. The fraction of sp³-hybridized carbons (Fsp3) is 0.375. The van der Waals surface area contributed by atoms with Crippen molar-refractivity contribution in [3.63, 3.8) is 0 Å². The Morgan fingerprint density at radius 2 is 1.70 bits per heavy atom. The highest BCUT2D eigenvalue weighted by molar-refractivity contribution is 7.99. The summed E-state index contributed by atoms with van der Waals surface area (Å²) in [7, 11) is 0. The number of thioether (sulfide) groups is 1. The smallest absolute Gasteiger partial charge is 0.262 e. The lowest BCUT2D eigenvalue weighted by atomic mass is 10.1. The van der Waals surface area contributed by atoms with Gasteiger partial charge in [-0.2, -0.15) is 0 Å². The summed E-state index contributed by atoms with van der Waals surface area (Å²) in [4.78, 5) is 32.4. The normalized spacial score (nSPS) is 14.2. The molecule has 5 nitrogen and oxygen atoms in total. The van der Waals surface area contributed by atoms with Gasteiger partial charge in [-0.3, -0.25) is 14.2 Å². The summed E-state index contributed by atoms with van der Waals surface area (Å²) in [6.45, 7) is 2.27. The molecular weight excluding hydrogens is 394 g/mol. The lowest BCUT2D eigenvalue weighted by Gasteiger charge is -2.26. The first-order chi connectivity index (χ1) is 14.7. The van der Waals surface area contributed by atoms with Crippen LogP contribution in [0.4, 0.5) is 0 Å². The van der Waals surface area contributed by atoms with Gasteiger partial charge in [0.05, 0.1) is 16.7 Å². The second-order valence-electron chi connectivity index (χ2n) is 7.69. The maximum Gasteiger partial charge on any atom is 0.262 e. The monoisotopic (exact) mass is 421 g/mol. The fourth-order valence-electron chi connectivity index (χ4n) is 3.90. The van der Waals surface area contributed by atoms with Crippen molar-refractivity contribution >= 4 is 28.6 Å². The Kier molecular flexibility index (Phi) is 6.84. The van der Waals surface area contributed by atoms with Gasteiger partial charge in [0.25, 0.3) is 5.56 Å². The predicted octanol–water partition coefficient (Wildman–Crippen LogP) is 4.13. The molecule has 3 aromatic rings. The van der Waals surface area contributed by atoms with E-state index in [2.05, 4.69) is 12.1 Å². The Morgan fingerprint density at radius 3 is 2.50 bits per heavy atom. The van der Waals surface area contributed by atoms with Gasteiger partial charge in [-0.15, -0.1) is 0 Å². The van der Waals surface area contributed by atoms with Gasteiger partial charge in [-0.1, -0.05) is 54.2 Å². The van der Waals surface area contributed by atoms with E-state index in [4.69, 9.17) is 4.98 Å². The zero-order chi connectivity index (χ0) is 20.8. The molecule has 0 N–H and O–H groups in total. The van der Waals surface area contributed by atoms with Crippen LogP contribution in [-0.2, 0) is 17.8 Å². The molecule has 156 valence electrons. The number of para-hydroxylation sites is 1. The predicted molar refractivity (Wildman–Crippen MR) is 122 cm³/mol. The zero-order valence-electron chi connectivity index (χ0n) is 17.1. The Hall–Kier alpha value is -2.60. The molecule has 1 amide bonds. The highest BCUT2D eigenvalue weighted by atomic mass is 32.2. The van der Waals surface area contributed by atoms with Crippen molar-refractivity contribution in [2.75, 3.05) is 18.8 Å². The standard InChI is InChI=1S/C24H27N3O2S/c28-22(26-15-7-2-8-16-26)18-30-24-25-21-14-6-5-13-20(21)23(29)27(24)17-9-12-19-10-3-1-4-11-19/h1,3-6,10-11,13-14H,2,7-9,12,15-18H2. The highest BCUT2D eigenvalue weighted by Crippen LogP contribution is 2.20. The number of likely N-dealkylation sites (tertiary alicyclic amines) is 1. The van der Waals surface area contributed by atoms with Gasteiger partial charge < -0.3 is 4.90 Å². The van der Waals surface area contributed by atoms with Crippen molar-refractivity contribution in [3.8, 4) is 0 Å². The molecule has 0 saturated carbocycles. The number of aryl methyl sites for hydroxylation is 1. The molecule has 0 radical (unpaired) electrons. The number of fused-ring (bicyclic) bond motifs is 1. The molecule has 6 heteroatoms. The van der Waals surface area contributed by atoms with E-state index in [-0.39, 0.29) is 11.5 Å². The number of amides is 1. The minimum absolute atomic E-state index is 0.0263. The summed E-state index contributed by atoms with van der Waals surface area (Å²) < 4.78 is 1.75. The molecule has 2 aromatic carbocycles. The molecule has 1 saturated heterocycles. The van der Waals surface area contributed by atoms with Gasteiger partial charge in [-0.05, 0) is 49.8 Å². The third kappa shape index (κ3) is 4.93. The number of carbonyl (C=O) groups excluding carboxylic acids is 1. The molecule has 0 spiro atoms. The lowest BCUT2D eigenvalue weighted by molar-refractivity contribution is -0.129. The summed E-state index contributed by atoms with van der Waals surface area (Å²) in [6, 6.07) is 17.7. The maximum absolute atomic E-state index is 13.2. The van der Waals surface area contributed by atoms with Crippen LogP contribution in [0.5, 0.6) is 0 Å². The summed E-state index contributed by atoms with van der Waals surface area (Å²) in [5.41, 5.74) is 1.92.